The zero-order chi connectivity index (χ0) is 15.2. The fourth-order valence-corrected chi connectivity index (χ4v) is 2.64. The Morgan fingerprint density at radius 2 is 2.14 bits per heavy atom. The Kier molecular flexibility index (Phi) is 5.59. The van der Waals surface area contributed by atoms with Crippen molar-refractivity contribution in [1.29, 1.82) is 0 Å². The van der Waals surface area contributed by atoms with E-state index in [0.29, 0.717) is 5.69 Å². The summed E-state index contributed by atoms with van der Waals surface area (Å²) in [5, 5.41) is 2.84. The van der Waals surface area contributed by atoms with Crippen LogP contribution < -0.4 is 11.1 Å². The molecule has 0 spiro atoms. The first-order valence-corrected chi connectivity index (χ1v) is 7.39. The number of benzene rings is 1. The third kappa shape index (κ3) is 4.44. The lowest BCUT2D eigenvalue weighted by atomic mass is 9.95. The molecule has 0 heterocycles. The Morgan fingerprint density at radius 1 is 1.38 bits per heavy atom. The molecule has 1 aliphatic carbocycles. The van der Waals surface area contributed by atoms with Crippen molar-refractivity contribution in [2.45, 2.75) is 44.8 Å². The van der Waals surface area contributed by atoms with E-state index in [1.165, 1.54) is 0 Å². The normalized spacial score (nSPS) is 22.0. The van der Waals surface area contributed by atoms with Gasteiger partial charge >= 0.3 is 0 Å². The Morgan fingerprint density at radius 3 is 2.90 bits per heavy atom. The van der Waals surface area contributed by atoms with E-state index >= 15 is 0 Å². The SMILES string of the molecule is COC1CCCC(OCC(=O)Nc2cccc(N)c2C)C1. The number of amides is 1. The van der Waals surface area contributed by atoms with Gasteiger partial charge in [0.2, 0.25) is 5.91 Å². The van der Waals surface area contributed by atoms with E-state index < -0.39 is 0 Å². The molecule has 3 N–H and O–H groups in total. The summed E-state index contributed by atoms with van der Waals surface area (Å²) in [5.41, 5.74) is 8.11. The van der Waals surface area contributed by atoms with E-state index in [1.54, 1.807) is 7.11 Å². The van der Waals surface area contributed by atoms with Gasteiger partial charge in [0.25, 0.3) is 0 Å². The first-order chi connectivity index (χ1) is 10.1. The van der Waals surface area contributed by atoms with E-state index in [4.69, 9.17) is 15.2 Å². The van der Waals surface area contributed by atoms with E-state index in [0.717, 1.165) is 36.9 Å². The minimum absolute atomic E-state index is 0.0648. The Bertz CT molecular complexity index is 490. The molecule has 2 unspecified atom stereocenters. The molecule has 1 amide bonds. The maximum Gasteiger partial charge on any atom is 0.250 e. The number of rotatable bonds is 5. The predicted molar refractivity (Wildman–Crippen MR) is 83.2 cm³/mol. The number of nitrogen functional groups attached to an aromatic ring is 1. The smallest absolute Gasteiger partial charge is 0.250 e. The zero-order valence-corrected chi connectivity index (χ0v) is 12.7. The number of nitrogens with one attached hydrogen (secondary N) is 1. The van der Waals surface area contributed by atoms with Crippen molar-refractivity contribution in [2.24, 2.45) is 0 Å². The number of carbonyl (C=O) groups is 1. The van der Waals surface area contributed by atoms with Crippen molar-refractivity contribution in [3.8, 4) is 0 Å². The Balaban J connectivity index is 1.81. The molecule has 1 fully saturated rings. The maximum absolute atomic E-state index is 12.0. The molecule has 1 aromatic carbocycles. The molecule has 2 atom stereocenters. The van der Waals surface area contributed by atoms with Crippen molar-refractivity contribution in [1.82, 2.24) is 0 Å². The highest BCUT2D eigenvalue weighted by molar-refractivity contribution is 5.93. The van der Waals surface area contributed by atoms with Crippen LogP contribution in [0.1, 0.15) is 31.2 Å². The Hall–Kier alpha value is -1.59. The number of nitrogens with two attached hydrogens (primary N) is 1. The van der Waals surface area contributed by atoms with Gasteiger partial charge < -0.3 is 20.5 Å². The van der Waals surface area contributed by atoms with Gasteiger partial charge in [-0.25, -0.2) is 0 Å². The summed E-state index contributed by atoms with van der Waals surface area (Å²) in [4.78, 5) is 12.0. The monoisotopic (exact) mass is 292 g/mol. The number of hydrogen-bond donors (Lipinski definition) is 2. The van der Waals surface area contributed by atoms with Crippen LogP contribution in [0.4, 0.5) is 11.4 Å². The average molecular weight is 292 g/mol. The molecular weight excluding hydrogens is 268 g/mol. The highest BCUT2D eigenvalue weighted by atomic mass is 16.5. The lowest BCUT2D eigenvalue weighted by Gasteiger charge is -2.28. The van der Waals surface area contributed by atoms with Crippen LogP contribution >= 0.6 is 0 Å². The summed E-state index contributed by atoms with van der Waals surface area (Å²) < 4.78 is 11.1. The van der Waals surface area contributed by atoms with Gasteiger partial charge in [-0.2, -0.15) is 0 Å². The van der Waals surface area contributed by atoms with Crippen LogP contribution in [0, 0.1) is 6.92 Å². The van der Waals surface area contributed by atoms with Crippen molar-refractivity contribution >= 4 is 17.3 Å². The molecule has 1 aliphatic rings. The number of methoxy groups -OCH3 is 1. The number of hydrogen-bond acceptors (Lipinski definition) is 4. The fourth-order valence-electron chi connectivity index (χ4n) is 2.64. The topological polar surface area (TPSA) is 73.6 Å². The third-order valence-corrected chi connectivity index (χ3v) is 4.01. The zero-order valence-electron chi connectivity index (χ0n) is 12.7. The molecule has 21 heavy (non-hydrogen) atoms. The lowest BCUT2D eigenvalue weighted by molar-refractivity contribution is -0.124. The van der Waals surface area contributed by atoms with E-state index in [9.17, 15) is 4.79 Å². The third-order valence-electron chi connectivity index (χ3n) is 4.01. The summed E-state index contributed by atoms with van der Waals surface area (Å²) in [7, 11) is 1.72. The highest BCUT2D eigenvalue weighted by Crippen LogP contribution is 2.23. The number of carbonyl (C=O) groups excluding carboxylic acids is 1. The minimum Gasteiger partial charge on any atom is -0.398 e. The van der Waals surface area contributed by atoms with Gasteiger partial charge in [0.15, 0.2) is 0 Å². The van der Waals surface area contributed by atoms with Gasteiger partial charge in [-0.05, 0) is 50.3 Å². The molecule has 0 saturated heterocycles. The van der Waals surface area contributed by atoms with Gasteiger partial charge in [-0.15, -0.1) is 0 Å². The van der Waals surface area contributed by atoms with Crippen molar-refractivity contribution in [3.05, 3.63) is 23.8 Å². The predicted octanol–water partition coefficient (Wildman–Crippen LogP) is 2.49. The second-order valence-electron chi connectivity index (χ2n) is 5.53. The van der Waals surface area contributed by atoms with E-state index in [-0.39, 0.29) is 24.7 Å². The van der Waals surface area contributed by atoms with Gasteiger partial charge in [0.05, 0.1) is 12.2 Å². The lowest BCUT2D eigenvalue weighted by Crippen LogP contribution is -2.30. The summed E-state index contributed by atoms with van der Waals surface area (Å²) >= 11 is 0. The molecule has 0 radical (unpaired) electrons. The molecule has 1 aromatic rings. The summed E-state index contributed by atoms with van der Waals surface area (Å²) in [6.07, 6.45) is 4.37. The Labute approximate surface area is 125 Å². The van der Waals surface area contributed by atoms with Gasteiger partial charge in [-0.1, -0.05) is 6.07 Å². The van der Waals surface area contributed by atoms with Crippen LogP contribution in [0.25, 0.3) is 0 Å². The van der Waals surface area contributed by atoms with Gasteiger partial charge in [0.1, 0.15) is 6.61 Å². The highest BCUT2D eigenvalue weighted by Gasteiger charge is 2.22. The summed E-state index contributed by atoms with van der Waals surface area (Å²) in [5.74, 6) is -0.150. The van der Waals surface area contributed by atoms with Gasteiger partial charge in [-0.3, -0.25) is 4.79 Å². The summed E-state index contributed by atoms with van der Waals surface area (Å²) in [6.45, 7) is 1.95. The molecule has 0 aromatic heterocycles. The molecular formula is C16H24N2O3. The molecule has 1 saturated carbocycles. The number of anilines is 2. The quantitative estimate of drug-likeness (QED) is 0.818. The van der Waals surface area contributed by atoms with Crippen LogP contribution in [0.2, 0.25) is 0 Å². The molecule has 5 nitrogen and oxygen atoms in total. The van der Waals surface area contributed by atoms with Crippen molar-refractivity contribution in [2.75, 3.05) is 24.8 Å². The molecule has 2 rings (SSSR count). The molecule has 0 bridgehead atoms. The van der Waals surface area contributed by atoms with Crippen LogP contribution in [-0.4, -0.2) is 31.8 Å². The first kappa shape index (κ1) is 15.8. The summed E-state index contributed by atoms with van der Waals surface area (Å²) in [6, 6.07) is 5.47. The number of ether oxygens (including phenoxy) is 2. The molecule has 5 heteroatoms. The maximum atomic E-state index is 12.0. The fraction of sp³-hybridized carbons (Fsp3) is 0.562. The molecule has 0 aliphatic heterocycles. The van der Waals surface area contributed by atoms with E-state index in [1.807, 2.05) is 25.1 Å². The average Bonchev–Trinajstić information content (AvgIpc) is 2.50. The molecule has 116 valence electrons. The van der Waals surface area contributed by atoms with Crippen LogP contribution in [-0.2, 0) is 14.3 Å². The van der Waals surface area contributed by atoms with Crippen LogP contribution in [0.5, 0.6) is 0 Å². The largest absolute Gasteiger partial charge is 0.398 e. The second kappa shape index (κ2) is 7.43. The second-order valence-corrected chi connectivity index (χ2v) is 5.53. The van der Waals surface area contributed by atoms with Crippen molar-refractivity contribution < 1.29 is 14.3 Å². The standard InChI is InChI=1S/C16H24N2O3/c1-11-14(17)7-4-8-15(11)18-16(19)10-21-13-6-3-5-12(9-13)20-2/h4,7-8,12-13H,3,5-6,9-10,17H2,1-2H3,(H,18,19). The minimum atomic E-state index is -0.150. The first-order valence-electron chi connectivity index (χ1n) is 7.39. The van der Waals surface area contributed by atoms with E-state index in [2.05, 4.69) is 5.32 Å². The van der Waals surface area contributed by atoms with Crippen LogP contribution in [0.3, 0.4) is 0 Å². The van der Waals surface area contributed by atoms with Crippen LogP contribution in [0.15, 0.2) is 18.2 Å². The van der Waals surface area contributed by atoms with Gasteiger partial charge in [0, 0.05) is 18.5 Å². The van der Waals surface area contributed by atoms with Crippen molar-refractivity contribution in [3.63, 3.8) is 0 Å².